The molecule has 0 saturated heterocycles. The first-order valence-electron chi connectivity index (χ1n) is 8.19. The van der Waals surface area contributed by atoms with Gasteiger partial charge in [0.1, 0.15) is 0 Å². The van der Waals surface area contributed by atoms with Crippen LogP contribution in [0.25, 0.3) is 0 Å². The molecule has 0 unspecified atom stereocenters. The van der Waals surface area contributed by atoms with E-state index in [2.05, 4.69) is 20.8 Å². The monoisotopic (exact) mass is 402 g/mol. The van der Waals surface area contributed by atoms with Crippen molar-refractivity contribution in [3.8, 4) is 0 Å². The fourth-order valence-electron chi connectivity index (χ4n) is 2.68. The molecule has 0 spiro atoms. The van der Waals surface area contributed by atoms with Crippen LogP contribution in [0.4, 0.5) is 24.0 Å². The van der Waals surface area contributed by atoms with Gasteiger partial charge in [-0.3, -0.25) is 4.79 Å². The number of hydrogen-bond donors (Lipinski definition) is 2. The quantitative estimate of drug-likeness (QED) is 0.553. The highest BCUT2D eigenvalue weighted by Crippen LogP contribution is 2.28. The molecular formula is C16H17F3N4OS2. The minimum atomic E-state index is -1.61. The molecule has 1 saturated carbocycles. The summed E-state index contributed by atoms with van der Waals surface area (Å²) in [6.45, 7) is 0. The van der Waals surface area contributed by atoms with Crippen molar-refractivity contribution in [3.05, 3.63) is 29.6 Å². The summed E-state index contributed by atoms with van der Waals surface area (Å²) in [5.41, 5.74) is -0.397. The van der Waals surface area contributed by atoms with E-state index < -0.39 is 29.0 Å². The van der Waals surface area contributed by atoms with Crippen molar-refractivity contribution in [1.82, 2.24) is 10.2 Å². The predicted molar refractivity (Wildman–Crippen MR) is 96.1 cm³/mol. The van der Waals surface area contributed by atoms with Gasteiger partial charge in [0, 0.05) is 6.04 Å². The molecule has 1 fully saturated rings. The third kappa shape index (κ3) is 4.88. The van der Waals surface area contributed by atoms with Crippen LogP contribution in [-0.4, -0.2) is 27.9 Å². The first-order valence-corrected chi connectivity index (χ1v) is 9.99. The van der Waals surface area contributed by atoms with E-state index in [1.54, 1.807) is 0 Å². The number of carbonyl (C=O) groups excluding carboxylic acids is 1. The van der Waals surface area contributed by atoms with Crippen molar-refractivity contribution in [2.45, 2.75) is 42.5 Å². The topological polar surface area (TPSA) is 66.9 Å². The number of halogens is 3. The normalized spacial score (nSPS) is 15.0. The van der Waals surface area contributed by atoms with E-state index >= 15 is 0 Å². The summed E-state index contributed by atoms with van der Waals surface area (Å²) < 4.78 is 40.2. The van der Waals surface area contributed by atoms with Crippen LogP contribution in [0.2, 0.25) is 0 Å². The summed E-state index contributed by atoms with van der Waals surface area (Å²) in [6.07, 6.45) is 5.91. The number of rotatable bonds is 6. The van der Waals surface area contributed by atoms with E-state index in [0.29, 0.717) is 15.5 Å². The fraction of sp³-hybridized carbons (Fsp3) is 0.438. The first kappa shape index (κ1) is 19.0. The summed E-state index contributed by atoms with van der Waals surface area (Å²) in [6, 6.07) is 2.15. The summed E-state index contributed by atoms with van der Waals surface area (Å²) in [5.74, 6) is -4.92. The van der Waals surface area contributed by atoms with Gasteiger partial charge in [0.2, 0.25) is 11.0 Å². The molecule has 10 heteroatoms. The zero-order valence-corrected chi connectivity index (χ0v) is 15.4. The summed E-state index contributed by atoms with van der Waals surface area (Å²) in [4.78, 5) is 11.9. The second-order valence-corrected chi connectivity index (χ2v) is 8.11. The number of carbonyl (C=O) groups is 1. The second-order valence-electron chi connectivity index (χ2n) is 5.91. The Morgan fingerprint density at radius 1 is 1.15 bits per heavy atom. The average Bonchev–Trinajstić information content (AvgIpc) is 3.09. The molecule has 1 aliphatic carbocycles. The molecule has 3 rings (SSSR count). The van der Waals surface area contributed by atoms with Crippen LogP contribution in [-0.2, 0) is 4.79 Å². The Kier molecular flexibility index (Phi) is 6.36. The van der Waals surface area contributed by atoms with E-state index in [4.69, 9.17) is 0 Å². The van der Waals surface area contributed by atoms with Gasteiger partial charge in [0.05, 0.1) is 11.4 Å². The van der Waals surface area contributed by atoms with Gasteiger partial charge in [0.15, 0.2) is 21.8 Å². The highest BCUT2D eigenvalue weighted by molar-refractivity contribution is 8.01. The zero-order valence-electron chi connectivity index (χ0n) is 13.7. The predicted octanol–water partition coefficient (Wildman–Crippen LogP) is 4.43. The largest absolute Gasteiger partial charge is 0.357 e. The maximum absolute atomic E-state index is 13.5. The first-order chi connectivity index (χ1) is 12.5. The maximum atomic E-state index is 13.5. The van der Waals surface area contributed by atoms with E-state index in [-0.39, 0.29) is 5.75 Å². The molecule has 1 aromatic carbocycles. The highest BCUT2D eigenvalue weighted by Gasteiger charge is 2.17. The molecule has 1 aliphatic rings. The molecule has 0 bridgehead atoms. The van der Waals surface area contributed by atoms with Gasteiger partial charge in [-0.25, -0.2) is 13.2 Å². The number of amides is 1. The standard InChI is InChI=1S/C16H17F3N4OS2/c17-10-6-7-11(14(19)13(10)18)21-12(24)8-25-16-23-22-15(26-16)20-9-4-2-1-3-5-9/h6-7,9H,1-5,8H2,(H,20,22)(H,21,24). The van der Waals surface area contributed by atoms with Crippen molar-refractivity contribution in [3.63, 3.8) is 0 Å². The number of anilines is 2. The lowest BCUT2D eigenvalue weighted by molar-refractivity contribution is -0.113. The minimum absolute atomic E-state index is 0.0451. The number of benzene rings is 1. The lowest BCUT2D eigenvalue weighted by Crippen LogP contribution is -2.21. The molecular weight excluding hydrogens is 385 g/mol. The third-order valence-corrected chi connectivity index (χ3v) is 5.96. The third-order valence-electron chi connectivity index (χ3n) is 3.98. The average molecular weight is 402 g/mol. The maximum Gasteiger partial charge on any atom is 0.234 e. The second kappa shape index (κ2) is 8.72. The number of nitrogens with one attached hydrogen (secondary N) is 2. The van der Waals surface area contributed by atoms with Crippen LogP contribution in [0.1, 0.15) is 32.1 Å². The molecule has 26 heavy (non-hydrogen) atoms. The molecule has 0 atom stereocenters. The Morgan fingerprint density at radius 3 is 2.69 bits per heavy atom. The molecule has 2 N–H and O–H groups in total. The fourth-order valence-corrected chi connectivity index (χ4v) is 4.31. The molecule has 0 aliphatic heterocycles. The Balaban J connectivity index is 1.49. The van der Waals surface area contributed by atoms with Crippen molar-refractivity contribution < 1.29 is 18.0 Å². The minimum Gasteiger partial charge on any atom is -0.357 e. The van der Waals surface area contributed by atoms with Gasteiger partial charge >= 0.3 is 0 Å². The number of thioether (sulfide) groups is 1. The number of nitrogens with zero attached hydrogens (tertiary/aromatic N) is 2. The lowest BCUT2D eigenvalue weighted by Gasteiger charge is -2.21. The Bertz CT molecular complexity index is 781. The van der Waals surface area contributed by atoms with Gasteiger partial charge in [0.25, 0.3) is 0 Å². The van der Waals surface area contributed by atoms with E-state index in [1.807, 2.05) is 0 Å². The van der Waals surface area contributed by atoms with Crippen LogP contribution in [0.15, 0.2) is 16.5 Å². The van der Waals surface area contributed by atoms with Crippen molar-refractivity contribution in [2.75, 3.05) is 16.4 Å². The van der Waals surface area contributed by atoms with Gasteiger partial charge < -0.3 is 10.6 Å². The molecule has 140 valence electrons. The zero-order chi connectivity index (χ0) is 18.5. The van der Waals surface area contributed by atoms with Gasteiger partial charge in [-0.15, -0.1) is 10.2 Å². The summed E-state index contributed by atoms with van der Waals surface area (Å²) in [7, 11) is 0. The lowest BCUT2D eigenvalue weighted by atomic mass is 9.96. The van der Waals surface area contributed by atoms with Crippen LogP contribution >= 0.6 is 23.1 Å². The highest BCUT2D eigenvalue weighted by atomic mass is 32.2. The Hall–Kier alpha value is -1.81. The van der Waals surface area contributed by atoms with Crippen LogP contribution in [0, 0.1) is 17.5 Å². The Labute approximate surface area is 156 Å². The molecule has 1 heterocycles. The van der Waals surface area contributed by atoms with E-state index in [0.717, 1.165) is 36.7 Å². The smallest absolute Gasteiger partial charge is 0.234 e. The van der Waals surface area contributed by atoms with Gasteiger partial charge in [-0.05, 0) is 25.0 Å². The van der Waals surface area contributed by atoms with E-state index in [9.17, 15) is 18.0 Å². The van der Waals surface area contributed by atoms with Crippen LogP contribution in [0.5, 0.6) is 0 Å². The van der Waals surface area contributed by atoms with Crippen LogP contribution in [0.3, 0.4) is 0 Å². The van der Waals surface area contributed by atoms with E-state index in [1.165, 1.54) is 30.6 Å². The number of aromatic nitrogens is 2. The molecule has 2 aromatic rings. The van der Waals surface area contributed by atoms with Crippen molar-refractivity contribution >= 4 is 39.8 Å². The molecule has 1 amide bonds. The van der Waals surface area contributed by atoms with Crippen molar-refractivity contribution in [1.29, 1.82) is 0 Å². The summed E-state index contributed by atoms with van der Waals surface area (Å²) >= 11 is 2.49. The molecule has 5 nitrogen and oxygen atoms in total. The SMILES string of the molecule is O=C(CSc1nnc(NC2CCCCC2)s1)Nc1ccc(F)c(F)c1F. The summed E-state index contributed by atoms with van der Waals surface area (Å²) in [5, 5.41) is 14.4. The molecule has 0 radical (unpaired) electrons. The Morgan fingerprint density at radius 2 is 1.92 bits per heavy atom. The van der Waals surface area contributed by atoms with Gasteiger partial charge in [-0.1, -0.05) is 42.4 Å². The van der Waals surface area contributed by atoms with Gasteiger partial charge in [-0.2, -0.15) is 0 Å². The van der Waals surface area contributed by atoms with Crippen molar-refractivity contribution in [2.24, 2.45) is 0 Å². The van der Waals surface area contributed by atoms with Crippen LogP contribution < -0.4 is 10.6 Å². The molecule has 1 aromatic heterocycles. The number of hydrogen-bond acceptors (Lipinski definition) is 6.